The summed E-state index contributed by atoms with van der Waals surface area (Å²) in [6.45, 7) is 1.66. The van der Waals surface area contributed by atoms with Gasteiger partial charge < -0.3 is 4.74 Å². The maximum absolute atomic E-state index is 13.5. The van der Waals surface area contributed by atoms with E-state index in [4.69, 9.17) is 11.6 Å². The molecule has 0 bridgehead atoms. The van der Waals surface area contributed by atoms with E-state index in [2.05, 4.69) is 4.74 Å². The van der Waals surface area contributed by atoms with Crippen molar-refractivity contribution >= 4 is 23.4 Å². The Morgan fingerprint density at radius 1 is 1.47 bits per heavy atom. The van der Waals surface area contributed by atoms with Crippen molar-refractivity contribution in [1.82, 2.24) is 0 Å². The molecule has 0 aliphatic rings. The Labute approximate surface area is 104 Å². The Morgan fingerprint density at radius 3 is 2.59 bits per heavy atom. The average Bonchev–Trinajstić information content (AvgIpc) is 2.29. The molecule has 0 fully saturated rings. The van der Waals surface area contributed by atoms with Gasteiger partial charge in [-0.25, -0.2) is 4.39 Å². The van der Waals surface area contributed by atoms with E-state index in [9.17, 15) is 14.0 Å². The molecule has 1 aromatic carbocycles. The molecule has 0 heterocycles. The van der Waals surface area contributed by atoms with Crippen LogP contribution >= 0.6 is 11.6 Å². The summed E-state index contributed by atoms with van der Waals surface area (Å²) in [4.78, 5) is 23.3. The van der Waals surface area contributed by atoms with Crippen molar-refractivity contribution in [3.8, 4) is 0 Å². The monoisotopic (exact) mass is 258 g/mol. The van der Waals surface area contributed by atoms with Crippen LogP contribution in [-0.2, 0) is 9.53 Å². The van der Waals surface area contributed by atoms with Crippen LogP contribution in [0.15, 0.2) is 18.2 Å². The fraction of sp³-hybridized carbons (Fsp3) is 0.333. The van der Waals surface area contributed by atoms with Gasteiger partial charge in [0.1, 0.15) is 11.7 Å². The van der Waals surface area contributed by atoms with Gasteiger partial charge >= 0.3 is 5.97 Å². The number of esters is 1. The second kappa shape index (κ2) is 5.77. The van der Waals surface area contributed by atoms with Gasteiger partial charge in [0.05, 0.1) is 12.7 Å². The predicted molar refractivity (Wildman–Crippen MR) is 61.5 cm³/mol. The molecular formula is C12H12ClFO3. The number of Topliss-reactive ketones (excluding diaryl/α,β-unsaturated/α-hetero) is 1. The summed E-state index contributed by atoms with van der Waals surface area (Å²) in [5.74, 6) is -2.96. The van der Waals surface area contributed by atoms with Crippen molar-refractivity contribution in [2.75, 3.05) is 7.11 Å². The average molecular weight is 259 g/mol. The number of benzene rings is 1. The highest BCUT2D eigenvalue weighted by Crippen LogP contribution is 2.20. The maximum Gasteiger partial charge on any atom is 0.316 e. The molecule has 92 valence electrons. The van der Waals surface area contributed by atoms with Crippen LogP contribution in [-0.4, -0.2) is 18.9 Å². The molecule has 1 rings (SSSR count). The zero-order valence-electron chi connectivity index (χ0n) is 9.50. The second-order valence-electron chi connectivity index (χ2n) is 3.47. The normalized spacial score (nSPS) is 12.0. The number of hydrogen-bond donors (Lipinski definition) is 0. The molecule has 0 aromatic heterocycles. The molecule has 0 radical (unpaired) electrons. The van der Waals surface area contributed by atoms with E-state index in [1.807, 2.05) is 0 Å². The number of rotatable bonds is 4. The minimum absolute atomic E-state index is 0.147. The van der Waals surface area contributed by atoms with Crippen molar-refractivity contribution in [3.63, 3.8) is 0 Å². The van der Waals surface area contributed by atoms with Crippen LogP contribution in [0.25, 0.3) is 0 Å². The lowest BCUT2D eigenvalue weighted by molar-refractivity contribution is -0.143. The molecule has 0 spiro atoms. The van der Waals surface area contributed by atoms with Gasteiger partial charge in [-0.05, 0) is 24.6 Å². The molecule has 3 nitrogen and oxygen atoms in total. The molecule has 1 unspecified atom stereocenters. The molecule has 1 aromatic rings. The number of carbonyl (C=O) groups excluding carboxylic acids is 2. The number of carbonyl (C=O) groups is 2. The molecule has 0 aliphatic heterocycles. The van der Waals surface area contributed by atoms with E-state index in [0.717, 1.165) is 6.07 Å². The molecule has 0 saturated carbocycles. The summed E-state index contributed by atoms with van der Waals surface area (Å²) in [5.41, 5.74) is -0.147. The molecular weight excluding hydrogens is 247 g/mol. The summed E-state index contributed by atoms with van der Waals surface area (Å²) in [6, 6.07) is 3.71. The van der Waals surface area contributed by atoms with E-state index in [1.54, 1.807) is 6.92 Å². The largest absolute Gasteiger partial charge is 0.468 e. The topological polar surface area (TPSA) is 43.4 Å². The minimum atomic E-state index is -0.976. The summed E-state index contributed by atoms with van der Waals surface area (Å²) in [7, 11) is 1.19. The highest BCUT2D eigenvalue weighted by atomic mass is 35.5. The van der Waals surface area contributed by atoms with Gasteiger partial charge in [0, 0.05) is 5.02 Å². The number of hydrogen-bond acceptors (Lipinski definition) is 3. The second-order valence-corrected chi connectivity index (χ2v) is 3.91. The first-order chi connectivity index (χ1) is 8.01. The van der Waals surface area contributed by atoms with Crippen LogP contribution in [0, 0.1) is 11.7 Å². The van der Waals surface area contributed by atoms with Crippen molar-refractivity contribution in [1.29, 1.82) is 0 Å². The SMILES string of the molecule is CCC(C(=O)OC)C(=O)c1ccc(Cl)cc1F. The van der Waals surface area contributed by atoms with Crippen LogP contribution in [0.5, 0.6) is 0 Å². The molecule has 0 saturated heterocycles. The quantitative estimate of drug-likeness (QED) is 0.474. The molecule has 17 heavy (non-hydrogen) atoms. The smallest absolute Gasteiger partial charge is 0.316 e. The van der Waals surface area contributed by atoms with Crippen molar-refractivity contribution in [2.24, 2.45) is 5.92 Å². The molecule has 0 aliphatic carbocycles. The Bertz CT molecular complexity index is 445. The summed E-state index contributed by atoms with van der Waals surface area (Å²) in [5, 5.41) is 0.199. The zero-order valence-corrected chi connectivity index (χ0v) is 10.3. The Morgan fingerprint density at radius 2 is 2.12 bits per heavy atom. The maximum atomic E-state index is 13.5. The highest BCUT2D eigenvalue weighted by molar-refractivity contribution is 6.30. The van der Waals surface area contributed by atoms with E-state index >= 15 is 0 Å². The van der Waals surface area contributed by atoms with Crippen LogP contribution in [0.3, 0.4) is 0 Å². The van der Waals surface area contributed by atoms with Gasteiger partial charge in [0.2, 0.25) is 0 Å². The summed E-state index contributed by atoms with van der Waals surface area (Å²) in [6.07, 6.45) is 0.258. The van der Waals surface area contributed by atoms with Crippen LogP contribution in [0.2, 0.25) is 5.02 Å². The van der Waals surface area contributed by atoms with E-state index in [1.165, 1.54) is 19.2 Å². The Kier molecular flexibility index (Phi) is 4.63. The predicted octanol–water partition coefficient (Wildman–Crippen LogP) is 2.86. The molecule has 1 atom stereocenters. The van der Waals surface area contributed by atoms with Crippen molar-refractivity contribution < 1.29 is 18.7 Å². The highest BCUT2D eigenvalue weighted by Gasteiger charge is 2.28. The van der Waals surface area contributed by atoms with Gasteiger partial charge in [-0.1, -0.05) is 18.5 Å². The lowest BCUT2D eigenvalue weighted by Gasteiger charge is -2.11. The fourth-order valence-corrected chi connectivity index (χ4v) is 1.64. The van der Waals surface area contributed by atoms with Gasteiger partial charge in [0.15, 0.2) is 5.78 Å². The van der Waals surface area contributed by atoms with Crippen molar-refractivity contribution in [2.45, 2.75) is 13.3 Å². The van der Waals surface area contributed by atoms with Crippen LogP contribution in [0.4, 0.5) is 4.39 Å². The third-order valence-electron chi connectivity index (χ3n) is 2.41. The number of ether oxygens (including phenoxy) is 1. The molecule has 0 N–H and O–H groups in total. The van der Waals surface area contributed by atoms with E-state index in [-0.39, 0.29) is 17.0 Å². The first-order valence-electron chi connectivity index (χ1n) is 5.08. The minimum Gasteiger partial charge on any atom is -0.468 e. The Hall–Kier alpha value is -1.42. The third kappa shape index (κ3) is 3.03. The van der Waals surface area contributed by atoms with Gasteiger partial charge in [-0.3, -0.25) is 9.59 Å². The standard InChI is InChI=1S/C12H12ClFO3/c1-3-8(12(16)17-2)11(15)9-5-4-7(13)6-10(9)14/h4-6,8H,3H2,1-2H3. The van der Waals surface area contributed by atoms with Gasteiger partial charge in [0.25, 0.3) is 0 Å². The Balaban J connectivity index is 3.06. The first-order valence-corrected chi connectivity index (χ1v) is 5.46. The lowest BCUT2D eigenvalue weighted by Crippen LogP contribution is -2.25. The van der Waals surface area contributed by atoms with Gasteiger partial charge in [-0.2, -0.15) is 0 Å². The third-order valence-corrected chi connectivity index (χ3v) is 2.64. The molecule has 0 amide bonds. The van der Waals surface area contributed by atoms with E-state index in [0.29, 0.717) is 0 Å². The fourth-order valence-electron chi connectivity index (χ4n) is 1.48. The van der Waals surface area contributed by atoms with Crippen molar-refractivity contribution in [3.05, 3.63) is 34.6 Å². The van der Waals surface area contributed by atoms with Crippen LogP contribution in [0.1, 0.15) is 23.7 Å². The summed E-state index contributed by atoms with van der Waals surface area (Å²) >= 11 is 5.58. The van der Waals surface area contributed by atoms with Crippen LogP contribution < -0.4 is 0 Å². The lowest BCUT2D eigenvalue weighted by atomic mass is 9.95. The number of halogens is 2. The number of ketones is 1. The van der Waals surface area contributed by atoms with E-state index < -0.39 is 23.5 Å². The first kappa shape index (κ1) is 13.6. The van der Waals surface area contributed by atoms with Gasteiger partial charge in [-0.15, -0.1) is 0 Å². The molecule has 5 heteroatoms. The summed E-state index contributed by atoms with van der Waals surface area (Å²) < 4.78 is 18.0. The number of methoxy groups -OCH3 is 1. The zero-order chi connectivity index (χ0) is 13.0.